The normalized spacial score (nSPS) is 18.0. The van der Waals surface area contributed by atoms with Crippen molar-refractivity contribution in [3.05, 3.63) is 45.2 Å². The van der Waals surface area contributed by atoms with Crippen LogP contribution < -0.4 is 15.5 Å². The molecule has 1 unspecified atom stereocenters. The second kappa shape index (κ2) is 8.35. The second-order valence-electron chi connectivity index (χ2n) is 6.16. The van der Waals surface area contributed by atoms with Crippen LogP contribution in [0.3, 0.4) is 0 Å². The van der Waals surface area contributed by atoms with Gasteiger partial charge in [-0.15, -0.1) is 0 Å². The van der Waals surface area contributed by atoms with Crippen molar-refractivity contribution in [1.82, 2.24) is 15.6 Å². The Labute approximate surface area is 164 Å². The first-order valence-electron chi connectivity index (χ1n) is 8.33. The third kappa shape index (κ3) is 5.04. The number of hydrogen-bond acceptors (Lipinski definition) is 4. The van der Waals surface area contributed by atoms with Gasteiger partial charge in [-0.25, -0.2) is 4.98 Å². The Balaban J connectivity index is 1.58. The minimum Gasteiger partial charge on any atom is -0.353 e. The molecule has 146 valence electrons. The molecule has 1 atom stereocenters. The predicted molar refractivity (Wildman–Crippen MR) is 103 cm³/mol. The summed E-state index contributed by atoms with van der Waals surface area (Å²) in [6, 6.07) is 3.06. The first kappa shape index (κ1) is 19.8. The smallest absolute Gasteiger partial charge is 0.353 e. The van der Waals surface area contributed by atoms with Gasteiger partial charge < -0.3 is 15.5 Å². The highest BCUT2D eigenvalue weighted by molar-refractivity contribution is 7.07. The zero-order chi connectivity index (χ0) is 19.4. The molecule has 0 saturated carbocycles. The van der Waals surface area contributed by atoms with Crippen LogP contribution in [0.4, 0.5) is 19.0 Å². The molecule has 0 aliphatic carbocycles. The highest BCUT2D eigenvalue weighted by Crippen LogP contribution is 2.34. The van der Waals surface area contributed by atoms with Crippen molar-refractivity contribution >= 4 is 34.7 Å². The van der Waals surface area contributed by atoms with Crippen LogP contribution in [0, 0.1) is 0 Å². The Kier molecular flexibility index (Phi) is 6.11. The van der Waals surface area contributed by atoms with Crippen molar-refractivity contribution < 1.29 is 13.2 Å². The van der Waals surface area contributed by atoms with Gasteiger partial charge in [0, 0.05) is 38.9 Å². The molecule has 5 nitrogen and oxygen atoms in total. The molecule has 10 heteroatoms. The molecule has 0 bridgehead atoms. The number of alkyl halides is 3. The Morgan fingerprint density at radius 2 is 2.30 bits per heavy atom. The summed E-state index contributed by atoms with van der Waals surface area (Å²) in [5, 5.41) is 10.7. The van der Waals surface area contributed by atoms with Crippen LogP contribution >= 0.6 is 22.9 Å². The molecule has 2 aromatic rings. The van der Waals surface area contributed by atoms with Crippen LogP contribution in [0.15, 0.2) is 34.1 Å². The quantitative estimate of drug-likeness (QED) is 0.587. The molecular weight excluding hydrogens is 399 g/mol. The average molecular weight is 418 g/mol. The molecule has 0 aromatic carbocycles. The van der Waals surface area contributed by atoms with Crippen LogP contribution in [-0.2, 0) is 12.7 Å². The Morgan fingerprint density at radius 3 is 2.93 bits per heavy atom. The molecule has 27 heavy (non-hydrogen) atoms. The molecule has 1 fully saturated rings. The van der Waals surface area contributed by atoms with E-state index in [2.05, 4.69) is 26.0 Å². The lowest BCUT2D eigenvalue weighted by atomic mass is 10.2. The predicted octanol–water partition coefficient (Wildman–Crippen LogP) is 3.76. The molecule has 1 aliphatic heterocycles. The SMILES string of the molecule is CN=C(NCc1ccsc1)NC1CCN(c2ncc(C(F)(F)F)cc2Cl)C1. The van der Waals surface area contributed by atoms with Crippen LogP contribution in [0.25, 0.3) is 0 Å². The summed E-state index contributed by atoms with van der Waals surface area (Å²) in [5.41, 5.74) is 0.333. The zero-order valence-corrected chi connectivity index (χ0v) is 16.1. The van der Waals surface area contributed by atoms with Gasteiger partial charge in [-0.1, -0.05) is 11.6 Å². The van der Waals surface area contributed by atoms with E-state index in [-0.39, 0.29) is 11.1 Å². The number of anilines is 1. The number of hydrogen-bond donors (Lipinski definition) is 2. The van der Waals surface area contributed by atoms with Gasteiger partial charge in [-0.05, 0) is 34.9 Å². The average Bonchev–Trinajstić information content (AvgIpc) is 3.29. The van der Waals surface area contributed by atoms with Crippen molar-refractivity contribution in [1.29, 1.82) is 0 Å². The second-order valence-corrected chi connectivity index (χ2v) is 7.35. The van der Waals surface area contributed by atoms with Gasteiger partial charge >= 0.3 is 6.18 Å². The van der Waals surface area contributed by atoms with Crippen LogP contribution in [0.1, 0.15) is 17.5 Å². The van der Waals surface area contributed by atoms with Gasteiger partial charge in [0.15, 0.2) is 5.96 Å². The lowest BCUT2D eigenvalue weighted by Crippen LogP contribution is -2.44. The van der Waals surface area contributed by atoms with Gasteiger partial charge in [0.1, 0.15) is 5.82 Å². The summed E-state index contributed by atoms with van der Waals surface area (Å²) < 4.78 is 38.3. The first-order valence-corrected chi connectivity index (χ1v) is 9.65. The Morgan fingerprint density at radius 1 is 1.48 bits per heavy atom. The van der Waals surface area contributed by atoms with Gasteiger partial charge in [0.25, 0.3) is 0 Å². The van der Waals surface area contributed by atoms with E-state index in [1.54, 1.807) is 18.4 Å². The summed E-state index contributed by atoms with van der Waals surface area (Å²) in [7, 11) is 1.70. The van der Waals surface area contributed by atoms with Crippen molar-refractivity contribution in [2.24, 2.45) is 4.99 Å². The number of pyridine rings is 1. The molecule has 1 saturated heterocycles. The minimum absolute atomic E-state index is 0.00504. The van der Waals surface area contributed by atoms with E-state index in [0.717, 1.165) is 18.7 Å². The molecule has 3 heterocycles. The van der Waals surface area contributed by atoms with E-state index in [9.17, 15) is 13.2 Å². The van der Waals surface area contributed by atoms with Crippen LogP contribution in [0.2, 0.25) is 5.02 Å². The summed E-state index contributed by atoms with van der Waals surface area (Å²) in [4.78, 5) is 10.0. The maximum atomic E-state index is 12.8. The fourth-order valence-corrected chi connectivity index (χ4v) is 3.81. The zero-order valence-electron chi connectivity index (χ0n) is 14.6. The standard InChI is InChI=1S/C17H19ClF3N5S/c1-22-16(24-7-11-3-5-27-10-11)25-13-2-4-26(9-13)15-14(18)6-12(8-23-15)17(19,20)21/h3,5-6,8,10,13H,2,4,7,9H2,1H3,(H2,22,24,25). The fraction of sp³-hybridized carbons (Fsp3) is 0.412. The molecule has 3 rings (SSSR count). The Bertz CT molecular complexity index is 794. The highest BCUT2D eigenvalue weighted by Gasteiger charge is 2.33. The van der Waals surface area contributed by atoms with Crippen molar-refractivity contribution in [3.8, 4) is 0 Å². The van der Waals surface area contributed by atoms with E-state index < -0.39 is 11.7 Å². The molecule has 1 aliphatic rings. The van der Waals surface area contributed by atoms with Crippen molar-refractivity contribution in [2.45, 2.75) is 25.2 Å². The highest BCUT2D eigenvalue weighted by atomic mass is 35.5. The summed E-state index contributed by atoms with van der Waals surface area (Å²) in [6.45, 7) is 1.90. The maximum absolute atomic E-state index is 12.8. The van der Waals surface area contributed by atoms with Gasteiger partial charge in [-0.2, -0.15) is 24.5 Å². The third-order valence-electron chi connectivity index (χ3n) is 4.24. The Hall–Kier alpha value is -2.00. The number of nitrogens with zero attached hydrogens (tertiary/aromatic N) is 3. The largest absolute Gasteiger partial charge is 0.417 e. The molecular formula is C17H19ClF3N5S. The maximum Gasteiger partial charge on any atom is 0.417 e. The number of aliphatic imine (C=N–C) groups is 1. The monoisotopic (exact) mass is 417 g/mol. The van der Waals surface area contributed by atoms with E-state index in [1.807, 2.05) is 16.3 Å². The molecule has 2 aromatic heterocycles. The minimum atomic E-state index is -4.45. The fourth-order valence-electron chi connectivity index (χ4n) is 2.86. The van der Waals surface area contributed by atoms with E-state index in [4.69, 9.17) is 11.6 Å². The summed E-state index contributed by atoms with van der Waals surface area (Å²) in [5.74, 6) is 1.05. The number of aromatic nitrogens is 1. The van der Waals surface area contributed by atoms with Gasteiger partial charge in [0.2, 0.25) is 0 Å². The van der Waals surface area contributed by atoms with Crippen molar-refractivity contribution in [3.63, 3.8) is 0 Å². The van der Waals surface area contributed by atoms with Gasteiger partial charge in [-0.3, -0.25) is 4.99 Å². The number of rotatable bonds is 4. The lowest BCUT2D eigenvalue weighted by Gasteiger charge is -2.21. The van der Waals surface area contributed by atoms with Crippen LogP contribution in [-0.4, -0.2) is 37.1 Å². The van der Waals surface area contributed by atoms with Crippen molar-refractivity contribution in [2.75, 3.05) is 25.0 Å². The molecule has 0 amide bonds. The molecule has 0 radical (unpaired) electrons. The number of thiophene rings is 1. The topological polar surface area (TPSA) is 52.6 Å². The van der Waals surface area contributed by atoms with E-state index in [0.29, 0.717) is 31.4 Å². The number of guanidine groups is 1. The first-order chi connectivity index (χ1) is 12.9. The summed E-state index contributed by atoms with van der Waals surface area (Å²) in [6.07, 6.45) is -2.83. The van der Waals surface area contributed by atoms with E-state index >= 15 is 0 Å². The van der Waals surface area contributed by atoms with Gasteiger partial charge in [0.05, 0.1) is 10.6 Å². The van der Waals surface area contributed by atoms with Crippen LogP contribution in [0.5, 0.6) is 0 Å². The molecule has 0 spiro atoms. The molecule has 2 N–H and O–H groups in total. The van der Waals surface area contributed by atoms with E-state index in [1.165, 1.54) is 5.56 Å². The number of halogens is 4. The lowest BCUT2D eigenvalue weighted by molar-refractivity contribution is -0.137. The number of nitrogens with one attached hydrogen (secondary N) is 2. The summed E-state index contributed by atoms with van der Waals surface area (Å²) >= 11 is 7.68. The third-order valence-corrected chi connectivity index (χ3v) is 5.25.